The van der Waals surface area contributed by atoms with E-state index in [1.807, 2.05) is 24.4 Å². The molecule has 1 aliphatic rings. The van der Waals surface area contributed by atoms with Crippen LogP contribution in [0.4, 0.5) is 16.2 Å². The lowest BCUT2D eigenvalue weighted by molar-refractivity contribution is 0.101. The Morgan fingerprint density at radius 2 is 1.62 bits per heavy atom. The Morgan fingerprint density at radius 1 is 0.912 bits per heavy atom. The van der Waals surface area contributed by atoms with Crippen LogP contribution in [0.3, 0.4) is 0 Å². The zero-order valence-electron chi connectivity index (χ0n) is 18.5. The number of aromatic nitrogens is 1. The quantitative estimate of drug-likeness (QED) is 0.348. The van der Waals surface area contributed by atoms with Crippen LogP contribution in [0.2, 0.25) is 0 Å². The first-order valence-electron chi connectivity index (χ1n) is 10.5. The SMILES string of the molecule is COc1ccc(NC(=O)Nc2ccc3c(c2)C(=O)C(=Cc2c[nH]c4ccc(OC)cc24)O3)cc1. The Hall–Kier alpha value is -4.72. The third kappa shape index (κ3) is 4.04. The lowest BCUT2D eigenvalue weighted by atomic mass is 10.1. The smallest absolute Gasteiger partial charge is 0.323 e. The second-order valence-electron chi connectivity index (χ2n) is 7.61. The third-order valence-corrected chi connectivity index (χ3v) is 5.48. The van der Waals surface area contributed by atoms with E-state index in [0.29, 0.717) is 28.4 Å². The molecule has 5 rings (SSSR count). The predicted octanol–water partition coefficient (Wildman–Crippen LogP) is 5.45. The number of benzene rings is 3. The van der Waals surface area contributed by atoms with Gasteiger partial charge in [0.05, 0.1) is 19.8 Å². The van der Waals surface area contributed by atoms with Crippen molar-refractivity contribution in [3.8, 4) is 17.2 Å². The van der Waals surface area contributed by atoms with E-state index >= 15 is 0 Å². The van der Waals surface area contributed by atoms with Gasteiger partial charge in [0.2, 0.25) is 5.78 Å². The summed E-state index contributed by atoms with van der Waals surface area (Å²) in [6, 6.07) is 17.1. The van der Waals surface area contributed by atoms with Crippen LogP contribution in [0.15, 0.2) is 72.6 Å². The maximum absolute atomic E-state index is 13.0. The molecule has 3 N–H and O–H groups in total. The maximum atomic E-state index is 13.0. The summed E-state index contributed by atoms with van der Waals surface area (Å²) in [4.78, 5) is 28.6. The highest BCUT2D eigenvalue weighted by atomic mass is 16.5. The van der Waals surface area contributed by atoms with Crippen LogP contribution in [0.1, 0.15) is 15.9 Å². The first kappa shape index (κ1) is 21.1. The Bertz CT molecular complexity index is 1440. The predicted molar refractivity (Wildman–Crippen MR) is 130 cm³/mol. The van der Waals surface area contributed by atoms with Gasteiger partial charge in [-0.1, -0.05) is 0 Å². The first-order chi connectivity index (χ1) is 16.5. The molecular weight excluding hydrogens is 434 g/mol. The summed E-state index contributed by atoms with van der Waals surface area (Å²) < 4.78 is 16.2. The number of urea groups is 1. The van der Waals surface area contributed by atoms with Crippen molar-refractivity contribution >= 4 is 40.2 Å². The number of nitrogens with one attached hydrogen (secondary N) is 3. The molecule has 0 bridgehead atoms. The number of aromatic amines is 1. The van der Waals surface area contributed by atoms with E-state index in [4.69, 9.17) is 14.2 Å². The van der Waals surface area contributed by atoms with E-state index in [1.54, 1.807) is 62.8 Å². The molecule has 8 nitrogen and oxygen atoms in total. The van der Waals surface area contributed by atoms with Crippen molar-refractivity contribution < 1.29 is 23.8 Å². The van der Waals surface area contributed by atoms with Gasteiger partial charge in [-0.05, 0) is 66.7 Å². The zero-order chi connectivity index (χ0) is 23.7. The summed E-state index contributed by atoms with van der Waals surface area (Å²) in [5.41, 5.74) is 3.19. The van der Waals surface area contributed by atoms with E-state index in [1.165, 1.54) is 0 Å². The molecule has 4 aromatic rings. The Morgan fingerprint density at radius 3 is 2.38 bits per heavy atom. The molecule has 34 heavy (non-hydrogen) atoms. The molecule has 170 valence electrons. The van der Waals surface area contributed by atoms with Gasteiger partial charge in [-0.15, -0.1) is 0 Å². The average Bonchev–Trinajstić information content (AvgIpc) is 3.39. The van der Waals surface area contributed by atoms with Crippen molar-refractivity contribution in [1.82, 2.24) is 4.98 Å². The minimum atomic E-state index is -0.431. The van der Waals surface area contributed by atoms with Crippen molar-refractivity contribution in [2.45, 2.75) is 0 Å². The number of carbonyl (C=O) groups is 2. The van der Waals surface area contributed by atoms with E-state index < -0.39 is 6.03 Å². The van der Waals surface area contributed by atoms with E-state index in [9.17, 15) is 9.59 Å². The summed E-state index contributed by atoms with van der Waals surface area (Å²) in [6.45, 7) is 0. The number of ether oxygens (including phenoxy) is 3. The third-order valence-electron chi connectivity index (χ3n) is 5.48. The van der Waals surface area contributed by atoms with Gasteiger partial charge >= 0.3 is 6.03 Å². The van der Waals surface area contributed by atoms with Crippen molar-refractivity contribution in [3.63, 3.8) is 0 Å². The number of fused-ring (bicyclic) bond motifs is 2. The fourth-order valence-electron chi connectivity index (χ4n) is 3.74. The number of hydrogen-bond acceptors (Lipinski definition) is 5. The molecule has 0 saturated carbocycles. The second kappa shape index (κ2) is 8.67. The highest BCUT2D eigenvalue weighted by Crippen LogP contribution is 2.35. The van der Waals surface area contributed by atoms with Gasteiger partial charge in [-0.2, -0.15) is 0 Å². The summed E-state index contributed by atoms with van der Waals surface area (Å²) >= 11 is 0. The van der Waals surface area contributed by atoms with Gasteiger partial charge in [0.1, 0.15) is 17.2 Å². The molecule has 0 spiro atoms. The Balaban J connectivity index is 1.33. The number of methoxy groups -OCH3 is 2. The standard InChI is InChI=1S/C26H21N3O5/c1-32-18-6-3-16(4-7-18)28-26(31)29-17-5-10-23-21(12-17)25(30)24(34-23)11-15-14-27-22-9-8-19(33-2)13-20(15)22/h3-14,27H,1-2H3,(H2,28,29,31). The molecule has 0 fully saturated rings. The average molecular weight is 455 g/mol. The largest absolute Gasteiger partial charge is 0.497 e. The summed E-state index contributed by atoms with van der Waals surface area (Å²) in [5.74, 6) is 1.80. The number of ketones is 1. The van der Waals surface area contributed by atoms with Gasteiger partial charge in [0.15, 0.2) is 5.76 Å². The first-order valence-corrected chi connectivity index (χ1v) is 10.5. The van der Waals surface area contributed by atoms with Crippen molar-refractivity contribution in [1.29, 1.82) is 0 Å². The molecule has 1 aromatic heterocycles. The molecule has 0 atom stereocenters. The molecule has 0 saturated heterocycles. The molecule has 2 heterocycles. The molecule has 0 radical (unpaired) electrons. The number of H-pyrrole nitrogens is 1. The normalized spacial score (nSPS) is 13.5. The van der Waals surface area contributed by atoms with Crippen LogP contribution in [0, 0.1) is 0 Å². The molecule has 8 heteroatoms. The topological polar surface area (TPSA) is 102 Å². The number of anilines is 2. The van der Waals surface area contributed by atoms with Crippen LogP contribution in [-0.4, -0.2) is 31.0 Å². The minimum absolute atomic E-state index is 0.207. The van der Waals surface area contributed by atoms with Gasteiger partial charge < -0.3 is 29.8 Å². The highest BCUT2D eigenvalue weighted by molar-refractivity contribution is 6.16. The van der Waals surface area contributed by atoms with Gasteiger partial charge in [0.25, 0.3) is 0 Å². The number of carbonyl (C=O) groups excluding carboxylic acids is 2. The highest BCUT2D eigenvalue weighted by Gasteiger charge is 2.28. The number of hydrogen-bond donors (Lipinski definition) is 3. The summed E-state index contributed by atoms with van der Waals surface area (Å²) in [6.07, 6.45) is 3.51. The second-order valence-corrected chi connectivity index (χ2v) is 7.61. The van der Waals surface area contributed by atoms with Crippen LogP contribution < -0.4 is 24.8 Å². The van der Waals surface area contributed by atoms with E-state index in [0.717, 1.165) is 22.2 Å². The zero-order valence-corrected chi connectivity index (χ0v) is 18.5. The number of rotatable bonds is 5. The fraction of sp³-hybridized carbons (Fsp3) is 0.0769. The molecule has 0 aliphatic carbocycles. The van der Waals surface area contributed by atoms with Crippen LogP contribution in [0.5, 0.6) is 17.2 Å². The van der Waals surface area contributed by atoms with Gasteiger partial charge in [0, 0.05) is 34.0 Å². The number of amides is 2. The summed E-state index contributed by atoms with van der Waals surface area (Å²) in [7, 11) is 3.18. The Labute approximate surface area is 195 Å². The van der Waals surface area contributed by atoms with Crippen molar-refractivity contribution in [2.75, 3.05) is 24.9 Å². The maximum Gasteiger partial charge on any atom is 0.323 e. The summed E-state index contributed by atoms with van der Waals surface area (Å²) in [5, 5.41) is 6.39. The van der Waals surface area contributed by atoms with Gasteiger partial charge in [-0.3, -0.25) is 4.79 Å². The molecule has 3 aromatic carbocycles. The number of Topliss-reactive ketones (excluding diaryl/α,β-unsaturated/α-hetero) is 1. The van der Waals surface area contributed by atoms with Crippen LogP contribution in [0.25, 0.3) is 17.0 Å². The lowest BCUT2D eigenvalue weighted by Gasteiger charge is -2.09. The van der Waals surface area contributed by atoms with Crippen LogP contribution in [-0.2, 0) is 0 Å². The van der Waals surface area contributed by atoms with E-state index in [-0.39, 0.29) is 11.5 Å². The van der Waals surface area contributed by atoms with Crippen molar-refractivity contribution in [3.05, 3.63) is 83.7 Å². The van der Waals surface area contributed by atoms with Gasteiger partial charge in [-0.25, -0.2) is 4.79 Å². The Kier molecular flexibility index (Phi) is 5.39. The van der Waals surface area contributed by atoms with Crippen molar-refractivity contribution in [2.24, 2.45) is 0 Å². The molecule has 1 aliphatic heterocycles. The monoisotopic (exact) mass is 455 g/mol. The minimum Gasteiger partial charge on any atom is -0.497 e. The molecule has 2 amide bonds. The van der Waals surface area contributed by atoms with E-state index in [2.05, 4.69) is 15.6 Å². The number of allylic oxidation sites excluding steroid dienone is 1. The fourth-order valence-corrected chi connectivity index (χ4v) is 3.74. The molecule has 0 unspecified atom stereocenters. The lowest BCUT2D eigenvalue weighted by Crippen LogP contribution is -2.19. The molecular formula is C26H21N3O5. The van der Waals surface area contributed by atoms with Crippen LogP contribution >= 0.6 is 0 Å².